The average molecular weight is 464 g/mol. The highest BCUT2D eigenvalue weighted by Crippen LogP contribution is 2.32. The van der Waals surface area contributed by atoms with Crippen LogP contribution >= 0.6 is 11.6 Å². The number of benzene rings is 3. The van der Waals surface area contributed by atoms with Crippen LogP contribution in [0.25, 0.3) is 11.5 Å². The second kappa shape index (κ2) is 9.03. The van der Waals surface area contributed by atoms with Crippen LogP contribution in [-0.4, -0.2) is 27.0 Å². The zero-order valence-electron chi connectivity index (χ0n) is 17.4. The molecule has 1 fully saturated rings. The van der Waals surface area contributed by atoms with Gasteiger partial charge in [-0.15, -0.1) is 10.2 Å². The normalized spacial score (nSPS) is 13.0. The Morgan fingerprint density at radius 3 is 2.33 bits per heavy atom. The van der Waals surface area contributed by atoms with Gasteiger partial charge in [0.1, 0.15) is 17.3 Å². The summed E-state index contributed by atoms with van der Waals surface area (Å²) in [6, 6.07) is 20.0. The first kappa shape index (κ1) is 21.2. The van der Waals surface area contributed by atoms with Crippen molar-refractivity contribution in [3.8, 4) is 23.0 Å². The lowest BCUT2D eigenvalue weighted by Crippen LogP contribution is -2.32. The van der Waals surface area contributed by atoms with E-state index < -0.39 is 0 Å². The molecule has 0 radical (unpaired) electrons. The molecule has 1 aliphatic carbocycles. The van der Waals surface area contributed by atoms with E-state index in [9.17, 15) is 9.18 Å². The van der Waals surface area contributed by atoms with Crippen molar-refractivity contribution < 1.29 is 18.3 Å². The highest BCUT2D eigenvalue weighted by Gasteiger charge is 2.34. The number of rotatable bonds is 7. The van der Waals surface area contributed by atoms with E-state index in [2.05, 4.69) is 10.2 Å². The summed E-state index contributed by atoms with van der Waals surface area (Å²) in [6.07, 6.45) is 1.87. The maximum Gasteiger partial charge on any atom is 0.254 e. The first-order chi connectivity index (χ1) is 16.1. The standard InChI is InChI=1S/C25H19ClFN3O3/c26-22-4-2-1-3-21(22)24-29-28-23(33-24)15-30(18-9-10-18)25(31)16-5-11-19(12-6-16)32-20-13-7-17(27)8-14-20/h1-8,11-14,18H,9-10,15H2. The zero-order valence-corrected chi connectivity index (χ0v) is 18.2. The van der Waals surface area contributed by atoms with E-state index in [1.807, 2.05) is 12.1 Å². The second-order valence-electron chi connectivity index (χ2n) is 7.73. The lowest BCUT2D eigenvalue weighted by molar-refractivity contribution is 0.0714. The molecule has 166 valence electrons. The fraction of sp³-hybridized carbons (Fsp3) is 0.160. The Kier molecular flexibility index (Phi) is 5.79. The van der Waals surface area contributed by atoms with Crippen LogP contribution in [0.5, 0.6) is 11.5 Å². The summed E-state index contributed by atoms with van der Waals surface area (Å²) in [5.41, 5.74) is 1.18. The number of aromatic nitrogens is 2. The molecule has 1 heterocycles. The van der Waals surface area contributed by atoms with Crippen LogP contribution in [0.3, 0.4) is 0 Å². The Labute approximate surface area is 194 Å². The molecule has 0 unspecified atom stereocenters. The fourth-order valence-corrected chi connectivity index (χ4v) is 3.65. The fourth-order valence-electron chi connectivity index (χ4n) is 3.43. The van der Waals surface area contributed by atoms with Gasteiger partial charge in [0.05, 0.1) is 17.1 Å². The number of nitrogens with zero attached hydrogens (tertiary/aromatic N) is 3. The van der Waals surface area contributed by atoms with Crippen LogP contribution in [0.2, 0.25) is 5.02 Å². The summed E-state index contributed by atoms with van der Waals surface area (Å²) in [4.78, 5) is 15.0. The topological polar surface area (TPSA) is 68.5 Å². The van der Waals surface area contributed by atoms with Gasteiger partial charge >= 0.3 is 0 Å². The third kappa shape index (κ3) is 4.88. The average Bonchev–Trinajstić information content (AvgIpc) is 3.57. The van der Waals surface area contributed by atoms with Crippen molar-refractivity contribution in [2.45, 2.75) is 25.4 Å². The molecule has 8 heteroatoms. The first-order valence-corrected chi connectivity index (χ1v) is 10.9. The molecule has 6 nitrogen and oxygen atoms in total. The molecule has 0 atom stereocenters. The lowest BCUT2D eigenvalue weighted by atomic mass is 10.2. The molecule has 1 aromatic heterocycles. The van der Waals surface area contributed by atoms with E-state index in [0.29, 0.717) is 39.4 Å². The van der Waals surface area contributed by atoms with Crippen molar-refractivity contribution >= 4 is 17.5 Å². The maximum atomic E-state index is 13.2. The lowest BCUT2D eigenvalue weighted by Gasteiger charge is -2.20. The Morgan fingerprint density at radius 1 is 1.00 bits per heavy atom. The van der Waals surface area contributed by atoms with E-state index in [1.165, 1.54) is 12.1 Å². The molecule has 3 aromatic carbocycles. The minimum Gasteiger partial charge on any atom is -0.457 e. The van der Waals surface area contributed by atoms with Gasteiger partial charge < -0.3 is 14.1 Å². The van der Waals surface area contributed by atoms with Gasteiger partial charge in [0.15, 0.2) is 0 Å². The Morgan fingerprint density at radius 2 is 1.67 bits per heavy atom. The SMILES string of the molecule is O=C(c1ccc(Oc2ccc(F)cc2)cc1)N(Cc1nnc(-c2ccccc2Cl)o1)C1CC1. The third-order valence-electron chi connectivity index (χ3n) is 5.28. The summed E-state index contributed by atoms with van der Waals surface area (Å²) in [5, 5.41) is 8.72. The van der Waals surface area contributed by atoms with Crippen molar-refractivity contribution in [1.82, 2.24) is 15.1 Å². The number of halogens is 2. The summed E-state index contributed by atoms with van der Waals surface area (Å²) < 4.78 is 24.6. The minimum absolute atomic E-state index is 0.122. The highest BCUT2D eigenvalue weighted by molar-refractivity contribution is 6.33. The molecule has 0 aliphatic heterocycles. The van der Waals surface area contributed by atoms with E-state index in [4.69, 9.17) is 20.8 Å². The Bertz CT molecular complexity index is 1270. The van der Waals surface area contributed by atoms with E-state index in [1.54, 1.807) is 53.4 Å². The Balaban J connectivity index is 1.29. The molecule has 0 bridgehead atoms. The molecular formula is C25H19ClFN3O3. The number of amides is 1. The third-order valence-corrected chi connectivity index (χ3v) is 5.61. The molecule has 1 aliphatic rings. The van der Waals surface area contributed by atoms with Gasteiger partial charge in [-0.1, -0.05) is 23.7 Å². The molecule has 33 heavy (non-hydrogen) atoms. The summed E-state index contributed by atoms with van der Waals surface area (Å²) in [5.74, 6) is 1.28. The Hall–Kier alpha value is -3.71. The monoisotopic (exact) mass is 463 g/mol. The largest absolute Gasteiger partial charge is 0.457 e. The van der Waals surface area contributed by atoms with E-state index >= 15 is 0 Å². The van der Waals surface area contributed by atoms with Gasteiger partial charge in [0, 0.05) is 11.6 Å². The predicted molar refractivity (Wildman–Crippen MR) is 121 cm³/mol. The number of ether oxygens (including phenoxy) is 1. The van der Waals surface area contributed by atoms with Crippen LogP contribution in [0.1, 0.15) is 29.1 Å². The first-order valence-electron chi connectivity index (χ1n) is 10.5. The van der Waals surface area contributed by atoms with Crippen LogP contribution in [0.4, 0.5) is 4.39 Å². The van der Waals surface area contributed by atoms with Gasteiger partial charge in [0.2, 0.25) is 11.8 Å². The predicted octanol–water partition coefficient (Wildman–Crippen LogP) is 6.13. The van der Waals surface area contributed by atoms with Gasteiger partial charge in [0.25, 0.3) is 5.91 Å². The van der Waals surface area contributed by atoms with Crippen molar-refractivity contribution in [3.63, 3.8) is 0 Å². The summed E-state index contributed by atoms with van der Waals surface area (Å²) >= 11 is 6.22. The minimum atomic E-state index is -0.330. The quantitative estimate of drug-likeness (QED) is 0.330. The molecule has 0 spiro atoms. The summed E-state index contributed by atoms with van der Waals surface area (Å²) in [7, 11) is 0. The van der Waals surface area contributed by atoms with Crippen molar-refractivity contribution in [2.24, 2.45) is 0 Å². The molecule has 0 saturated heterocycles. The van der Waals surface area contributed by atoms with Gasteiger partial charge in [-0.05, 0) is 73.5 Å². The number of carbonyl (C=O) groups excluding carboxylic acids is 1. The molecular weight excluding hydrogens is 445 g/mol. The number of hydrogen-bond donors (Lipinski definition) is 0. The zero-order chi connectivity index (χ0) is 22.8. The van der Waals surface area contributed by atoms with Crippen LogP contribution in [-0.2, 0) is 6.54 Å². The molecule has 1 amide bonds. The van der Waals surface area contributed by atoms with Crippen LogP contribution < -0.4 is 4.74 Å². The number of carbonyl (C=O) groups is 1. The van der Waals surface area contributed by atoms with Crippen LogP contribution in [0.15, 0.2) is 77.2 Å². The highest BCUT2D eigenvalue weighted by atomic mass is 35.5. The molecule has 5 rings (SSSR count). The van der Waals surface area contributed by atoms with Crippen molar-refractivity contribution in [3.05, 3.63) is 95.1 Å². The smallest absolute Gasteiger partial charge is 0.254 e. The van der Waals surface area contributed by atoms with E-state index in [0.717, 1.165) is 12.8 Å². The molecule has 0 N–H and O–H groups in total. The van der Waals surface area contributed by atoms with Gasteiger partial charge in [-0.3, -0.25) is 4.79 Å². The van der Waals surface area contributed by atoms with Crippen molar-refractivity contribution in [2.75, 3.05) is 0 Å². The molecule has 1 saturated carbocycles. The van der Waals surface area contributed by atoms with Crippen LogP contribution in [0, 0.1) is 5.82 Å². The van der Waals surface area contributed by atoms with E-state index in [-0.39, 0.29) is 24.3 Å². The van der Waals surface area contributed by atoms with Gasteiger partial charge in [-0.2, -0.15) is 0 Å². The van der Waals surface area contributed by atoms with Gasteiger partial charge in [-0.25, -0.2) is 4.39 Å². The van der Waals surface area contributed by atoms with Crippen molar-refractivity contribution in [1.29, 1.82) is 0 Å². The summed E-state index contributed by atoms with van der Waals surface area (Å²) in [6.45, 7) is 0.217. The second-order valence-corrected chi connectivity index (χ2v) is 8.13. The number of hydrogen-bond acceptors (Lipinski definition) is 5. The molecule has 4 aromatic rings. The maximum absolute atomic E-state index is 13.2.